The summed E-state index contributed by atoms with van der Waals surface area (Å²) >= 11 is 6.10. The highest BCUT2D eigenvalue weighted by molar-refractivity contribution is 6.30. The van der Waals surface area contributed by atoms with Gasteiger partial charge in [-0.3, -0.25) is 4.79 Å². The molecule has 4 nitrogen and oxygen atoms in total. The van der Waals surface area contributed by atoms with Gasteiger partial charge in [0.2, 0.25) is 5.91 Å². The lowest BCUT2D eigenvalue weighted by molar-refractivity contribution is -0.136. The van der Waals surface area contributed by atoms with E-state index in [0.717, 1.165) is 31.2 Å². The number of halogens is 1. The third-order valence-corrected chi connectivity index (χ3v) is 5.15. The molecule has 1 heterocycles. The van der Waals surface area contributed by atoms with Crippen LogP contribution in [0.2, 0.25) is 5.02 Å². The lowest BCUT2D eigenvalue weighted by Crippen LogP contribution is -2.48. The molecule has 1 aromatic carbocycles. The van der Waals surface area contributed by atoms with Crippen molar-refractivity contribution < 1.29 is 4.79 Å². The highest BCUT2D eigenvalue weighted by Crippen LogP contribution is 2.56. The zero-order valence-corrected chi connectivity index (χ0v) is 13.4. The predicted octanol–water partition coefficient (Wildman–Crippen LogP) is 3.02. The lowest BCUT2D eigenvalue weighted by atomic mass is 9.95. The average Bonchev–Trinajstić information content (AvgIpc) is 3.17. The van der Waals surface area contributed by atoms with Crippen LogP contribution in [0.3, 0.4) is 0 Å². The van der Waals surface area contributed by atoms with E-state index in [1.54, 1.807) is 6.92 Å². The standard InChI is InChI=1S/C17H20ClN3O/c1-11(20)16(22)21-14(12-3-2-4-13(18)9-12)5-6-15(21)17(10-19)7-8-17/h2-4,9,11,14-15H,5-8,20H2,1H3/t11-,14+,15?/m1/s1. The first-order valence-electron chi connectivity index (χ1n) is 7.73. The van der Waals surface area contributed by atoms with Gasteiger partial charge in [-0.05, 0) is 50.3 Å². The first-order valence-corrected chi connectivity index (χ1v) is 8.11. The van der Waals surface area contributed by atoms with Gasteiger partial charge in [0.25, 0.3) is 0 Å². The van der Waals surface area contributed by atoms with Crippen LogP contribution in [0.25, 0.3) is 0 Å². The number of nitrogens with two attached hydrogens (primary N) is 1. The van der Waals surface area contributed by atoms with E-state index in [4.69, 9.17) is 17.3 Å². The van der Waals surface area contributed by atoms with Crippen LogP contribution in [0.1, 0.15) is 44.2 Å². The molecule has 1 aliphatic heterocycles. The van der Waals surface area contributed by atoms with Gasteiger partial charge in [-0.15, -0.1) is 0 Å². The summed E-state index contributed by atoms with van der Waals surface area (Å²) in [6.45, 7) is 1.71. The fraction of sp³-hybridized carbons (Fsp3) is 0.529. The number of likely N-dealkylation sites (tertiary alicyclic amines) is 1. The third kappa shape index (κ3) is 2.49. The molecular weight excluding hydrogens is 298 g/mol. The summed E-state index contributed by atoms with van der Waals surface area (Å²) in [6, 6.07) is 9.44. The van der Waals surface area contributed by atoms with E-state index in [2.05, 4.69) is 6.07 Å². The second-order valence-corrected chi connectivity index (χ2v) is 6.90. The van der Waals surface area contributed by atoms with E-state index in [1.165, 1.54) is 0 Å². The summed E-state index contributed by atoms with van der Waals surface area (Å²) in [5, 5.41) is 10.2. The quantitative estimate of drug-likeness (QED) is 0.931. The van der Waals surface area contributed by atoms with E-state index >= 15 is 0 Å². The number of hydrogen-bond donors (Lipinski definition) is 1. The molecule has 1 unspecified atom stereocenters. The van der Waals surface area contributed by atoms with Gasteiger partial charge in [-0.2, -0.15) is 5.26 Å². The van der Waals surface area contributed by atoms with Gasteiger partial charge in [0.15, 0.2) is 0 Å². The van der Waals surface area contributed by atoms with Crippen LogP contribution >= 0.6 is 11.6 Å². The number of nitriles is 1. The van der Waals surface area contributed by atoms with Crippen molar-refractivity contribution in [2.45, 2.75) is 50.7 Å². The Balaban J connectivity index is 1.97. The molecule has 5 heteroatoms. The van der Waals surface area contributed by atoms with Crippen LogP contribution in [0.15, 0.2) is 24.3 Å². The van der Waals surface area contributed by atoms with Crippen LogP contribution < -0.4 is 5.73 Å². The monoisotopic (exact) mass is 317 g/mol. The number of amides is 1. The van der Waals surface area contributed by atoms with Crippen LogP contribution in [0, 0.1) is 16.7 Å². The molecule has 3 atom stereocenters. The minimum absolute atomic E-state index is 0.0278. The van der Waals surface area contributed by atoms with Crippen molar-refractivity contribution in [2.24, 2.45) is 11.1 Å². The summed E-state index contributed by atoms with van der Waals surface area (Å²) in [5.41, 5.74) is 6.52. The smallest absolute Gasteiger partial charge is 0.240 e. The van der Waals surface area contributed by atoms with Crippen LogP contribution in [-0.2, 0) is 4.79 Å². The normalized spacial score (nSPS) is 27.3. The topological polar surface area (TPSA) is 70.1 Å². The van der Waals surface area contributed by atoms with Crippen LogP contribution in [0.5, 0.6) is 0 Å². The van der Waals surface area contributed by atoms with E-state index in [-0.39, 0.29) is 23.4 Å². The van der Waals surface area contributed by atoms with Crippen molar-refractivity contribution in [1.29, 1.82) is 5.26 Å². The Bertz CT molecular complexity index is 633. The first kappa shape index (κ1) is 15.3. The van der Waals surface area contributed by atoms with Gasteiger partial charge >= 0.3 is 0 Å². The number of rotatable bonds is 3. The van der Waals surface area contributed by atoms with Crippen LogP contribution in [0.4, 0.5) is 0 Å². The maximum Gasteiger partial charge on any atom is 0.240 e. The number of nitrogens with zero attached hydrogens (tertiary/aromatic N) is 2. The van der Waals surface area contributed by atoms with Crippen molar-refractivity contribution in [3.8, 4) is 6.07 Å². The molecule has 2 aliphatic rings. The SMILES string of the molecule is C[C@@H](N)C(=O)N1C(C2(C#N)CC2)CC[C@H]1c1cccc(Cl)c1. The van der Waals surface area contributed by atoms with E-state index in [0.29, 0.717) is 5.02 Å². The van der Waals surface area contributed by atoms with Gasteiger partial charge < -0.3 is 10.6 Å². The number of carbonyl (C=O) groups excluding carboxylic acids is 1. The van der Waals surface area contributed by atoms with Crippen molar-refractivity contribution in [3.63, 3.8) is 0 Å². The Labute approximate surface area is 135 Å². The second-order valence-electron chi connectivity index (χ2n) is 6.47. The summed E-state index contributed by atoms with van der Waals surface area (Å²) in [7, 11) is 0. The third-order valence-electron chi connectivity index (χ3n) is 4.91. The zero-order valence-electron chi connectivity index (χ0n) is 12.6. The molecular formula is C17H20ClN3O. The molecule has 1 aliphatic carbocycles. The number of hydrogen-bond acceptors (Lipinski definition) is 3. The molecule has 1 saturated carbocycles. The van der Waals surface area contributed by atoms with E-state index in [9.17, 15) is 10.1 Å². The van der Waals surface area contributed by atoms with Gasteiger partial charge in [-0.25, -0.2) is 0 Å². The molecule has 2 N–H and O–H groups in total. The Morgan fingerprint density at radius 1 is 1.50 bits per heavy atom. The van der Waals surface area contributed by atoms with Gasteiger partial charge in [0.05, 0.1) is 29.6 Å². The highest BCUT2D eigenvalue weighted by atomic mass is 35.5. The summed E-state index contributed by atoms with van der Waals surface area (Å²) in [4.78, 5) is 14.5. The van der Waals surface area contributed by atoms with Crippen molar-refractivity contribution in [1.82, 2.24) is 4.90 Å². The zero-order chi connectivity index (χ0) is 15.9. The summed E-state index contributed by atoms with van der Waals surface area (Å²) in [5.74, 6) is -0.0750. The summed E-state index contributed by atoms with van der Waals surface area (Å²) < 4.78 is 0. The maximum atomic E-state index is 12.7. The highest BCUT2D eigenvalue weighted by Gasteiger charge is 2.57. The molecule has 1 amide bonds. The molecule has 0 spiro atoms. The predicted molar refractivity (Wildman–Crippen MR) is 85.0 cm³/mol. The van der Waals surface area contributed by atoms with Gasteiger partial charge in [0.1, 0.15) is 0 Å². The molecule has 0 aromatic heterocycles. The maximum absolute atomic E-state index is 12.7. The molecule has 3 rings (SSSR count). The van der Waals surface area contributed by atoms with E-state index in [1.807, 2.05) is 29.2 Å². The van der Waals surface area contributed by atoms with Gasteiger partial charge in [-0.1, -0.05) is 23.7 Å². The lowest BCUT2D eigenvalue weighted by Gasteiger charge is -2.34. The van der Waals surface area contributed by atoms with E-state index < -0.39 is 6.04 Å². The number of benzene rings is 1. The first-order chi connectivity index (χ1) is 10.5. The molecule has 0 bridgehead atoms. The Morgan fingerprint density at radius 3 is 2.77 bits per heavy atom. The molecule has 2 fully saturated rings. The van der Waals surface area contributed by atoms with Crippen molar-refractivity contribution in [2.75, 3.05) is 0 Å². The minimum Gasteiger partial charge on any atom is -0.330 e. The molecule has 116 valence electrons. The average molecular weight is 318 g/mol. The molecule has 1 aromatic rings. The molecule has 1 saturated heterocycles. The largest absolute Gasteiger partial charge is 0.330 e. The Hall–Kier alpha value is -1.57. The molecule has 0 radical (unpaired) electrons. The Morgan fingerprint density at radius 2 is 2.23 bits per heavy atom. The Kier molecular flexibility index (Phi) is 3.88. The number of carbonyl (C=O) groups is 1. The fourth-order valence-electron chi connectivity index (χ4n) is 3.59. The van der Waals surface area contributed by atoms with Crippen molar-refractivity contribution >= 4 is 17.5 Å². The van der Waals surface area contributed by atoms with Crippen LogP contribution in [-0.4, -0.2) is 22.9 Å². The fourth-order valence-corrected chi connectivity index (χ4v) is 3.79. The summed E-state index contributed by atoms with van der Waals surface area (Å²) in [6.07, 6.45) is 3.45. The van der Waals surface area contributed by atoms with Gasteiger partial charge in [0, 0.05) is 5.02 Å². The second kappa shape index (κ2) is 5.57. The van der Waals surface area contributed by atoms with Crippen molar-refractivity contribution in [3.05, 3.63) is 34.9 Å². The molecule has 22 heavy (non-hydrogen) atoms. The minimum atomic E-state index is -0.559.